The maximum absolute atomic E-state index is 3.94. The summed E-state index contributed by atoms with van der Waals surface area (Å²) in [6, 6.07) is 1.28. The number of fused-ring (bicyclic) bond motifs is 1. The lowest BCUT2D eigenvalue weighted by atomic mass is 10.0. The maximum Gasteiger partial charge on any atom is 0.0918 e. The van der Waals surface area contributed by atoms with Gasteiger partial charge in [-0.2, -0.15) is 11.8 Å². The smallest absolute Gasteiger partial charge is 0.0918 e. The number of hydrogen-bond acceptors (Lipinski definition) is 3. The Bertz CT molecular complexity index is 217. The summed E-state index contributed by atoms with van der Waals surface area (Å²) < 4.78 is 0. The third-order valence-electron chi connectivity index (χ3n) is 3.12. The van der Waals surface area contributed by atoms with Crippen molar-refractivity contribution < 1.29 is 0 Å². The van der Waals surface area contributed by atoms with Crippen LogP contribution in [-0.2, 0) is 0 Å². The molecule has 0 aromatic heterocycles. The van der Waals surface area contributed by atoms with Gasteiger partial charge in [-0.1, -0.05) is 32.8 Å². The highest BCUT2D eigenvalue weighted by Gasteiger charge is 2.40. The summed E-state index contributed by atoms with van der Waals surface area (Å²) in [5.41, 5.74) is 0. The van der Waals surface area contributed by atoms with Crippen LogP contribution in [0.1, 0.15) is 32.6 Å². The molecule has 2 saturated heterocycles. The summed E-state index contributed by atoms with van der Waals surface area (Å²) in [6.07, 6.45) is 5.44. The minimum Gasteiger partial charge on any atom is -0.367 e. The van der Waals surface area contributed by atoms with E-state index in [9.17, 15) is 0 Å². The van der Waals surface area contributed by atoms with Gasteiger partial charge in [-0.15, -0.1) is 0 Å². The van der Waals surface area contributed by atoms with Gasteiger partial charge in [0, 0.05) is 11.0 Å². The summed E-state index contributed by atoms with van der Waals surface area (Å²) in [4.78, 5) is 0. The van der Waals surface area contributed by atoms with Crippen LogP contribution >= 0.6 is 11.8 Å². The lowest BCUT2D eigenvalue weighted by molar-refractivity contribution is 0.514. The fourth-order valence-corrected chi connectivity index (χ4v) is 3.89. The fourth-order valence-electron chi connectivity index (χ4n) is 2.34. The number of thioether (sulfide) groups is 1. The Balaban J connectivity index is 1.80. The van der Waals surface area contributed by atoms with Gasteiger partial charge in [0.2, 0.25) is 0 Å². The number of unbranched alkanes of at least 4 members (excludes halogenated alkanes) is 2. The molecule has 2 nitrogen and oxygen atoms in total. The van der Waals surface area contributed by atoms with Crippen LogP contribution in [0.5, 0.6) is 0 Å². The third kappa shape index (κ3) is 2.02. The second kappa shape index (κ2) is 4.47. The summed E-state index contributed by atoms with van der Waals surface area (Å²) in [7, 11) is 0. The van der Waals surface area contributed by atoms with Crippen molar-refractivity contribution in [2.45, 2.75) is 49.9 Å². The first-order valence-electron chi connectivity index (χ1n) is 5.65. The van der Waals surface area contributed by atoms with Crippen molar-refractivity contribution >= 4 is 11.8 Å². The molecule has 2 unspecified atom stereocenters. The molecule has 2 N–H and O–H groups in total. The van der Waals surface area contributed by atoms with Crippen LogP contribution in [0, 0.1) is 0 Å². The van der Waals surface area contributed by atoms with Crippen LogP contribution in [0.2, 0.25) is 0 Å². The first-order valence-corrected chi connectivity index (χ1v) is 6.69. The normalized spacial score (nSPS) is 35.2. The highest BCUT2D eigenvalue weighted by atomic mass is 32.2. The zero-order chi connectivity index (χ0) is 9.97. The van der Waals surface area contributed by atoms with Gasteiger partial charge in [-0.05, 0) is 6.42 Å². The van der Waals surface area contributed by atoms with Crippen LogP contribution in [0.3, 0.4) is 0 Å². The second-order valence-corrected chi connectivity index (χ2v) is 5.54. The molecule has 2 aliphatic heterocycles. The molecule has 3 atom stereocenters. The Morgan fingerprint density at radius 3 is 3.07 bits per heavy atom. The van der Waals surface area contributed by atoms with E-state index < -0.39 is 0 Å². The molecule has 14 heavy (non-hydrogen) atoms. The van der Waals surface area contributed by atoms with Crippen molar-refractivity contribution in [1.82, 2.24) is 10.6 Å². The number of rotatable bonds is 4. The number of hydrogen-bond donors (Lipinski definition) is 2. The van der Waals surface area contributed by atoms with Crippen molar-refractivity contribution in [3.05, 3.63) is 12.4 Å². The van der Waals surface area contributed by atoms with E-state index in [0.29, 0.717) is 12.1 Å². The van der Waals surface area contributed by atoms with E-state index in [4.69, 9.17) is 0 Å². The van der Waals surface area contributed by atoms with Gasteiger partial charge in [-0.25, -0.2) is 0 Å². The zero-order valence-corrected chi connectivity index (χ0v) is 9.70. The van der Waals surface area contributed by atoms with Gasteiger partial charge in [0.25, 0.3) is 0 Å². The highest BCUT2D eigenvalue weighted by molar-refractivity contribution is 8.00. The maximum atomic E-state index is 3.94. The minimum atomic E-state index is 0.638. The summed E-state index contributed by atoms with van der Waals surface area (Å²) in [5.74, 6) is 2.27. The van der Waals surface area contributed by atoms with Gasteiger partial charge in [0.05, 0.1) is 17.9 Å². The Kier molecular flexibility index (Phi) is 3.26. The first kappa shape index (κ1) is 10.2. The molecule has 0 aromatic rings. The van der Waals surface area contributed by atoms with Crippen LogP contribution in [0.25, 0.3) is 0 Å². The molecule has 0 spiro atoms. The molecule has 2 fully saturated rings. The second-order valence-electron chi connectivity index (χ2n) is 4.27. The molecule has 0 radical (unpaired) electrons. The monoisotopic (exact) mass is 212 g/mol. The van der Waals surface area contributed by atoms with Gasteiger partial charge in [0.15, 0.2) is 0 Å². The van der Waals surface area contributed by atoms with Crippen molar-refractivity contribution in [2.75, 3.05) is 5.75 Å². The fraction of sp³-hybridized carbons (Fsp3) is 0.818. The summed E-state index contributed by atoms with van der Waals surface area (Å²) in [5, 5.41) is 7.68. The quantitative estimate of drug-likeness (QED) is 0.698. The molecule has 2 heterocycles. The molecule has 2 aliphatic rings. The molecular weight excluding hydrogens is 192 g/mol. The van der Waals surface area contributed by atoms with E-state index in [2.05, 4.69) is 35.9 Å². The van der Waals surface area contributed by atoms with Crippen LogP contribution in [0.4, 0.5) is 0 Å². The van der Waals surface area contributed by atoms with E-state index in [-0.39, 0.29) is 0 Å². The van der Waals surface area contributed by atoms with Crippen molar-refractivity contribution in [2.24, 2.45) is 0 Å². The Morgan fingerprint density at radius 1 is 1.43 bits per heavy atom. The molecule has 0 aromatic carbocycles. The first-order chi connectivity index (χ1) is 6.81. The van der Waals surface area contributed by atoms with E-state index in [1.165, 1.54) is 31.4 Å². The minimum absolute atomic E-state index is 0.638. The van der Waals surface area contributed by atoms with Crippen molar-refractivity contribution in [3.8, 4) is 0 Å². The van der Waals surface area contributed by atoms with Gasteiger partial charge >= 0.3 is 0 Å². The van der Waals surface area contributed by atoms with Gasteiger partial charge < -0.3 is 10.6 Å². The Labute approximate surface area is 90.9 Å². The van der Waals surface area contributed by atoms with E-state index in [0.717, 1.165) is 11.1 Å². The molecule has 2 rings (SSSR count). The van der Waals surface area contributed by atoms with E-state index in [1.54, 1.807) is 0 Å². The molecule has 0 bridgehead atoms. The Morgan fingerprint density at radius 2 is 2.29 bits per heavy atom. The topological polar surface area (TPSA) is 24.1 Å². The van der Waals surface area contributed by atoms with Crippen LogP contribution in [-0.4, -0.2) is 23.1 Å². The van der Waals surface area contributed by atoms with Crippen LogP contribution < -0.4 is 10.6 Å². The van der Waals surface area contributed by atoms with Gasteiger partial charge in [-0.3, -0.25) is 0 Å². The van der Waals surface area contributed by atoms with Gasteiger partial charge in [0.1, 0.15) is 0 Å². The molecule has 3 heteroatoms. The predicted octanol–water partition coefficient (Wildman–Crippen LogP) is 2.08. The summed E-state index contributed by atoms with van der Waals surface area (Å²) >= 11 is 2.12. The van der Waals surface area contributed by atoms with E-state index >= 15 is 0 Å². The predicted molar refractivity (Wildman–Crippen MR) is 63.4 cm³/mol. The largest absolute Gasteiger partial charge is 0.367 e. The molecule has 80 valence electrons. The summed E-state index contributed by atoms with van der Waals surface area (Å²) in [6.45, 7) is 6.20. The van der Waals surface area contributed by atoms with E-state index in [1.807, 2.05) is 0 Å². The average Bonchev–Trinajstić information content (AvgIpc) is 2.66. The van der Waals surface area contributed by atoms with Crippen molar-refractivity contribution in [3.63, 3.8) is 0 Å². The van der Waals surface area contributed by atoms with Crippen molar-refractivity contribution in [1.29, 1.82) is 0 Å². The molecule has 0 aliphatic carbocycles. The zero-order valence-electron chi connectivity index (χ0n) is 8.88. The Hall–Kier alpha value is -0.310. The third-order valence-corrected chi connectivity index (χ3v) is 4.63. The molecular formula is C11H20N2S. The highest BCUT2D eigenvalue weighted by Crippen LogP contribution is 2.34. The molecule has 0 amide bonds. The number of nitrogens with one attached hydrogen (secondary N) is 2. The lowest BCUT2D eigenvalue weighted by Gasteiger charge is -2.16. The standard InChI is InChI=1S/C11H20N2S/c1-3-4-5-6-10-11-9(7-14-10)12-8(2)13-11/h9-13H,2-7H2,1H3/t9?,10-,11?/m0/s1. The SMILES string of the molecule is C=C1NC2CS[C@@H](CCCCC)C2N1. The lowest BCUT2D eigenvalue weighted by Crippen LogP contribution is -2.36. The molecule has 0 saturated carbocycles. The van der Waals surface area contributed by atoms with Crippen LogP contribution in [0.15, 0.2) is 12.4 Å². The average molecular weight is 212 g/mol.